The first-order valence-corrected chi connectivity index (χ1v) is 17.0. The molecule has 0 unspecified atom stereocenters. The van der Waals surface area contributed by atoms with E-state index in [0.717, 1.165) is 57.5 Å². The molecule has 0 aliphatic heterocycles. The number of aromatic nitrogens is 3. The Hall–Kier alpha value is -4.31. The molecule has 0 bridgehead atoms. The third-order valence-electron chi connectivity index (χ3n) is 8.38. The lowest BCUT2D eigenvalue weighted by molar-refractivity contribution is -0.0538. The Balaban J connectivity index is 1.37. The van der Waals surface area contributed by atoms with Crippen molar-refractivity contribution in [3.05, 3.63) is 93.5 Å². The van der Waals surface area contributed by atoms with Crippen molar-refractivity contribution >= 4 is 37.8 Å². The SMILES string of the molecule is COc1ccc(CN(c2ncns2)S(=O)(=O)c2cc3oc(=O)n(Cc4cccc5c4C[C@](C)(OCCO)CC5)c3cc2F)c(OC)c1. The second kappa shape index (κ2) is 13.1. The highest BCUT2D eigenvalue weighted by molar-refractivity contribution is 7.93. The molecular formula is C32H33FN4O8S2. The van der Waals surface area contributed by atoms with Crippen LogP contribution in [0.1, 0.15) is 35.6 Å². The summed E-state index contributed by atoms with van der Waals surface area (Å²) in [4.78, 5) is 16.5. The minimum Gasteiger partial charge on any atom is -0.497 e. The lowest BCUT2D eigenvalue weighted by Gasteiger charge is -2.36. The van der Waals surface area contributed by atoms with Gasteiger partial charge in [0.1, 0.15) is 28.5 Å². The topological polar surface area (TPSA) is 146 Å². The number of nitrogens with zero attached hydrogens (tertiary/aromatic N) is 4. The molecule has 1 N–H and O–H groups in total. The van der Waals surface area contributed by atoms with E-state index in [1.165, 1.54) is 25.1 Å². The number of anilines is 1. The molecule has 15 heteroatoms. The second-order valence-electron chi connectivity index (χ2n) is 11.4. The van der Waals surface area contributed by atoms with Crippen molar-refractivity contribution in [3.63, 3.8) is 0 Å². The standard InChI is InChI=1S/C32H33FN4O8S2/c1-32(44-12-11-38)10-9-20-5-4-6-21(24(20)16-32)17-36-26-14-25(33)29(15-28(26)45-31(36)39)47(40,41)37(30-34-19-35-46-30)18-22-7-8-23(42-2)13-27(22)43-3/h4-8,13-15,19,38H,9-12,16-18H2,1-3H3/t32-/m1/s1. The summed E-state index contributed by atoms with van der Waals surface area (Å²) in [6.07, 6.45) is 3.31. The minimum absolute atomic E-state index is 0.00482. The number of hydrogen-bond acceptors (Lipinski definition) is 11. The summed E-state index contributed by atoms with van der Waals surface area (Å²) in [7, 11) is -1.67. The molecule has 0 saturated carbocycles. The van der Waals surface area contributed by atoms with Crippen LogP contribution in [0.3, 0.4) is 0 Å². The molecule has 0 amide bonds. The van der Waals surface area contributed by atoms with Gasteiger partial charge in [0, 0.05) is 41.7 Å². The van der Waals surface area contributed by atoms with E-state index in [9.17, 15) is 18.3 Å². The van der Waals surface area contributed by atoms with Crippen molar-refractivity contribution in [2.45, 2.75) is 49.8 Å². The first kappa shape index (κ1) is 32.6. The van der Waals surface area contributed by atoms with Crippen molar-refractivity contribution in [1.29, 1.82) is 0 Å². The van der Waals surface area contributed by atoms with Gasteiger partial charge in [0.05, 0.1) is 51.6 Å². The quantitative estimate of drug-likeness (QED) is 0.202. The van der Waals surface area contributed by atoms with Crippen LogP contribution in [0.25, 0.3) is 11.1 Å². The number of aliphatic hydroxyl groups excluding tert-OH is 1. The largest absolute Gasteiger partial charge is 0.497 e. The highest BCUT2D eigenvalue weighted by Crippen LogP contribution is 2.36. The van der Waals surface area contributed by atoms with E-state index in [2.05, 4.69) is 9.36 Å². The van der Waals surface area contributed by atoms with Crippen molar-refractivity contribution in [3.8, 4) is 11.5 Å². The molecule has 0 radical (unpaired) electrons. The Morgan fingerprint density at radius 2 is 1.98 bits per heavy atom. The lowest BCUT2D eigenvalue weighted by atomic mass is 9.79. The van der Waals surface area contributed by atoms with Crippen molar-refractivity contribution in [1.82, 2.24) is 13.9 Å². The predicted molar refractivity (Wildman–Crippen MR) is 172 cm³/mol. The third kappa shape index (κ3) is 6.35. The van der Waals surface area contributed by atoms with Gasteiger partial charge in [-0.3, -0.25) is 4.57 Å². The monoisotopic (exact) mass is 684 g/mol. The Bertz CT molecular complexity index is 2080. The average Bonchev–Trinajstić information content (AvgIpc) is 3.70. The maximum absolute atomic E-state index is 15.9. The summed E-state index contributed by atoms with van der Waals surface area (Å²) in [5.41, 5.74) is 2.97. The van der Waals surface area contributed by atoms with Gasteiger partial charge in [0.2, 0.25) is 5.13 Å². The van der Waals surface area contributed by atoms with Gasteiger partial charge in [-0.1, -0.05) is 18.2 Å². The fraction of sp³-hybridized carbons (Fsp3) is 0.344. The smallest absolute Gasteiger partial charge is 0.420 e. The van der Waals surface area contributed by atoms with Crippen LogP contribution >= 0.6 is 11.5 Å². The van der Waals surface area contributed by atoms with Gasteiger partial charge in [-0.25, -0.2) is 26.9 Å². The highest BCUT2D eigenvalue weighted by atomic mass is 32.2. The van der Waals surface area contributed by atoms with E-state index in [1.54, 1.807) is 18.2 Å². The molecule has 12 nitrogen and oxygen atoms in total. The van der Waals surface area contributed by atoms with Gasteiger partial charge in [0.25, 0.3) is 10.0 Å². The molecule has 2 heterocycles. The number of benzene rings is 3. The molecule has 1 aliphatic carbocycles. The number of sulfonamides is 1. The minimum atomic E-state index is -4.60. The molecular weight excluding hydrogens is 652 g/mol. The number of hydrogen-bond donors (Lipinski definition) is 1. The predicted octanol–water partition coefficient (Wildman–Crippen LogP) is 4.30. The van der Waals surface area contributed by atoms with Crippen molar-refractivity contribution in [2.75, 3.05) is 31.7 Å². The van der Waals surface area contributed by atoms with E-state index in [0.29, 0.717) is 23.5 Å². The molecule has 47 heavy (non-hydrogen) atoms. The number of aryl methyl sites for hydroxylation is 1. The van der Waals surface area contributed by atoms with Gasteiger partial charge in [-0.2, -0.15) is 4.37 Å². The summed E-state index contributed by atoms with van der Waals surface area (Å²) in [6.45, 7) is 1.94. The number of ether oxygens (including phenoxy) is 3. The maximum Gasteiger partial charge on any atom is 0.420 e. The molecule has 0 saturated heterocycles. The summed E-state index contributed by atoms with van der Waals surface area (Å²) in [6, 6.07) is 12.8. The average molecular weight is 685 g/mol. The van der Waals surface area contributed by atoms with Gasteiger partial charge in [-0.05, 0) is 48.6 Å². The fourth-order valence-electron chi connectivity index (χ4n) is 5.94. The van der Waals surface area contributed by atoms with Crippen molar-refractivity contribution in [2.24, 2.45) is 0 Å². The normalized spacial score (nSPS) is 16.3. The van der Waals surface area contributed by atoms with Crippen LogP contribution in [0.5, 0.6) is 11.5 Å². The summed E-state index contributed by atoms with van der Waals surface area (Å²) in [5.74, 6) is -0.961. The van der Waals surface area contributed by atoms with Gasteiger partial charge < -0.3 is 23.7 Å². The van der Waals surface area contributed by atoms with Crippen LogP contribution in [-0.2, 0) is 40.7 Å². The summed E-state index contributed by atoms with van der Waals surface area (Å²) >= 11 is 0.824. The number of halogens is 1. The molecule has 0 fully saturated rings. The number of rotatable bonds is 12. The zero-order valence-corrected chi connectivity index (χ0v) is 27.6. The van der Waals surface area contributed by atoms with Crippen LogP contribution in [0.15, 0.2) is 69.0 Å². The Kier molecular flexibility index (Phi) is 9.07. The zero-order chi connectivity index (χ0) is 33.3. The van der Waals surface area contributed by atoms with Crippen LogP contribution in [-0.4, -0.2) is 60.5 Å². The van der Waals surface area contributed by atoms with E-state index < -0.39 is 32.1 Å². The van der Waals surface area contributed by atoms with Crippen LogP contribution < -0.4 is 19.5 Å². The third-order valence-corrected chi connectivity index (χ3v) is 10.9. The Morgan fingerprint density at radius 1 is 1.15 bits per heavy atom. The number of oxazole rings is 1. The first-order chi connectivity index (χ1) is 22.6. The van der Waals surface area contributed by atoms with Crippen molar-refractivity contribution < 1.29 is 36.5 Å². The van der Waals surface area contributed by atoms with Crippen LogP contribution in [0.2, 0.25) is 0 Å². The molecule has 0 spiro atoms. The van der Waals surface area contributed by atoms with E-state index in [-0.39, 0.29) is 42.5 Å². The number of methoxy groups -OCH3 is 2. The van der Waals surface area contributed by atoms with E-state index >= 15 is 4.39 Å². The second-order valence-corrected chi connectivity index (χ2v) is 14.0. The van der Waals surface area contributed by atoms with Gasteiger partial charge >= 0.3 is 5.76 Å². The Morgan fingerprint density at radius 3 is 2.70 bits per heavy atom. The number of fused-ring (bicyclic) bond motifs is 2. The zero-order valence-electron chi connectivity index (χ0n) is 25.9. The molecule has 3 aromatic carbocycles. The Labute approximate surface area is 274 Å². The van der Waals surface area contributed by atoms with E-state index in [1.807, 2.05) is 25.1 Å². The van der Waals surface area contributed by atoms with E-state index in [4.69, 9.17) is 18.6 Å². The fourth-order valence-corrected chi connectivity index (χ4v) is 8.14. The summed E-state index contributed by atoms with van der Waals surface area (Å²) in [5, 5.41) is 9.29. The van der Waals surface area contributed by atoms with Crippen LogP contribution in [0.4, 0.5) is 9.52 Å². The first-order valence-electron chi connectivity index (χ1n) is 14.7. The van der Waals surface area contributed by atoms with Gasteiger partial charge in [-0.15, -0.1) is 0 Å². The molecule has 2 aromatic heterocycles. The lowest BCUT2D eigenvalue weighted by Crippen LogP contribution is -2.37. The molecule has 5 aromatic rings. The molecule has 1 aliphatic rings. The summed E-state index contributed by atoms with van der Waals surface area (Å²) < 4.78 is 72.5. The van der Waals surface area contributed by atoms with Gasteiger partial charge in [0.15, 0.2) is 5.58 Å². The molecule has 6 rings (SSSR count). The highest BCUT2D eigenvalue weighted by Gasteiger charge is 2.34. The maximum atomic E-state index is 15.9. The molecule has 1 atom stereocenters. The van der Waals surface area contributed by atoms with Crippen LogP contribution in [0, 0.1) is 5.82 Å². The number of aliphatic hydroxyl groups is 1. The molecule has 248 valence electrons.